The van der Waals surface area contributed by atoms with Crippen molar-refractivity contribution in [2.45, 2.75) is 13.5 Å². The van der Waals surface area contributed by atoms with Crippen molar-refractivity contribution in [1.82, 2.24) is 9.47 Å². The van der Waals surface area contributed by atoms with Gasteiger partial charge in [-0.05, 0) is 37.3 Å². The quantitative estimate of drug-likeness (QED) is 0.473. The number of halogens is 1. The number of aromatic nitrogens is 1. The van der Waals surface area contributed by atoms with E-state index >= 15 is 0 Å². The summed E-state index contributed by atoms with van der Waals surface area (Å²) >= 11 is 0. The topological polar surface area (TPSA) is 58.7 Å². The highest BCUT2D eigenvalue weighted by atomic mass is 19.1. The first-order chi connectivity index (χ1) is 15.1. The molecular formula is C24H22FN3O3. The van der Waals surface area contributed by atoms with Crippen molar-refractivity contribution in [2.75, 3.05) is 31.1 Å². The Morgan fingerprint density at radius 3 is 2.45 bits per heavy atom. The van der Waals surface area contributed by atoms with E-state index < -0.39 is 5.63 Å². The van der Waals surface area contributed by atoms with Crippen molar-refractivity contribution in [1.29, 1.82) is 0 Å². The number of aryl methyl sites for hydroxylation is 1. The monoisotopic (exact) mass is 419 g/mol. The van der Waals surface area contributed by atoms with Crippen LogP contribution in [0, 0.1) is 5.82 Å². The highest BCUT2D eigenvalue weighted by Gasteiger charge is 2.27. The molecule has 0 unspecified atom stereocenters. The summed E-state index contributed by atoms with van der Waals surface area (Å²) < 4.78 is 21.5. The highest BCUT2D eigenvalue weighted by molar-refractivity contribution is 6.07. The summed E-state index contributed by atoms with van der Waals surface area (Å²) in [5, 5.41) is 1.22. The van der Waals surface area contributed by atoms with Crippen molar-refractivity contribution in [3.05, 3.63) is 76.5 Å². The minimum atomic E-state index is -0.445. The molecule has 1 aliphatic rings. The van der Waals surface area contributed by atoms with Crippen LogP contribution in [0.1, 0.15) is 17.4 Å². The van der Waals surface area contributed by atoms with Crippen LogP contribution in [-0.2, 0) is 6.54 Å². The Balaban J connectivity index is 1.48. The van der Waals surface area contributed by atoms with E-state index in [4.69, 9.17) is 4.42 Å². The fraction of sp³-hybridized carbons (Fsp3) is 0.250. The van der Waals surface area contributed by atoms with Crippen LogP contribution in [0.25, 0.3) is 21.9 Å². The van der Waals surface area contributed by atoms with Crippen LogP contribution in [0.2, 0.25) is 0 Å². The molecule has 1 aliphatic heterocycles. The normalized spacial score (nSPS) is 14.5. The van der Waals surface area contributed by atoms with E-state index in [0.717, 1.165) is 10.9 Å². The zero-order chi connectivity index (χ0) is 21.5. The van der Waals surface area contributed by atoms with Gasteiger partial charge in [0.1, 0.15) is 17.1 Å². The third-order valence-electron chi connectivity index (χ3n) is 5.96. The lowest BCUT2D eigenvalue weighted by atomic mass is 10.2. The number of amides is 1. The van der Waals surface area contributed by atoms with Crippen LogP contribution in [0.3, 0.4) is 0 Å². The lowest BCUT2D eigenvalue weighted by Crippen LogP contribution is -2.49. The molecule has 0 atom stereocenters. The molecule has 0 bridgehead atoms. The number of benzene rings is 2. The summed E-state index contributed by atoms with van der Waals surface area (Å²) in [7, 11) is 0. The molecule has 1 saturated heterocycles. The van der Waals surface area contributed by atoms with Gasteiger partial charge >= 0.3 is 5.63 Å². The van der Waals surface area contributed by atoms with Gasteiger partial charge < -0.3 is 18.8 Å². The average Bonchev–Trinajstić information content (AvgIpc) is 3.20. The minimum Gasteiger partial charge on any atom is -0.422 e. The number of hydrogen-bond acceptors (Lipinski definition) is 4. The second kappa shape index (κ2) is 7.58. The number of nitrogens with zero attached hydrogens (tertiary/aromatic N) is 3. The first kappa shape index (κ1) is 19.4. The predicted octanol–water partition coefficient (Wildman–Crippen LogP) is 3.87. The summed E-state index contributed by atoms with van der Waals surface area (Å²) in [5.41, 5.74) is 1.81. The van der Waals surface area contributed by atoms with E-state index in [1.54, 1.807) is 29.2 Å². The second-order valence-corrected chi connectivity index (χ2v) is 7.65. The van der Waals surface area contributed by atoms with Crippen LogP contribution >= 0.6 is 0 Å². The zero-order valence-corrected chi connectivity index (χ0v) is 17.2. The molecule has 5 rings (SSSR count). The van der Waals surface area contributed by atoms with Crippen molar-refractivity contribution >= 4 is 33.5 Å². The van der Waals surface area contributed by atoms with E-state index in [1.165, 1.54) is 6.07 Å². The molecule has 2 aromatic carbocycles. The van der Waals surface area contributed by atoms with Gasteiger partial charge in [-0.1, -0.05) is 24.3 Å². The molecule has 1 fully saturated rings. The minimum absolute atomic E-state index is 0.130. The first-order valence-electron chi connectivity index (χ1n) is 10.4. The van der Waals surface area contributed by atoms with Gasteiger partial charge in [-0.3, -0.25) is 4.79 Å². The van der Waals surface area contributed by atoms with Crippen LogP contribution in [0.4, 0.5) is 10.1 Å². The Bertz CT molecular complexity index is 1350. The molecule has 2 aromatic heterocycles. The first-order valence-corrected chi connectivity index (χ1v) is 10.4. The molecule has 0 saturated carbocycles. The van der Waals surface area contributed by atoms with Crippen molar-refractivity contribution < 1.29 is 13.6 Å². The third-order valence-corrected chi connectivity index (χ3v) is 5.96. The van der Waals surface area contributed by atoms with E-state index in [9.17, 15) is 14.0 Å². The molecular weight excluding hydrogens is 397 g/mol. The number of hydrogen-bond donors (Lipinski definition) is 0. The van der Waals surface area contributed by atoms with Gasteiger partial charge in [0, 0.05) is 38.1 Å². The summed E-state index contributed by atoms with van der Waals surface area (Å²) in [6, 6.07) is 15.7. The number of piperazine rings is 1. The van der Waals surface area contributed by atoms with Crippen LogP contribution < -0.4 is 10.5 Å². The smallest absolute Gasteiger partial charge is 0.345 e. The van der Waals surface area contributed by atoms with E-state index in [0.29, 0.717) is 55.1 Å². The Labute approximate surface area is 178 Å². The standard InChI is InChI=1S/C24H22FN3O3/c1-2-28-20(15-17-22(28)16-7-3-6-10-21(16)31-24(17)30)23(29)27-13-11-26(12-14-27)19-9-5-4-8-18(19)25/h3-10,15H,2,11-14H2,1H3. The van der Waals surface area contributed by atoms with Crippen LogP contribution in [0.15, 0.2) is 63.8 Å². The molecule has 0 N–H and O–H groups in total. The van der Waals surface area contributed by atoms with E-state index in [1.807, 2.05) is 40.7 Å². The molecule has 7 heteroatoms. The summed E-state index contributed by atoms with van der Waals surface area (Å²) in [4.78, 5) is 29.7. The van der Waals surface area contributed by atoms with Gasteiger partial charge in [0.25, 0.3) is 5.91 Å². The van der Waals surface area contributed by atoms with Gasteiger partial charge in [-0.25, -0.2) is 9.18 Å². The lowest BCUT2D eigenvalue weighted by Gasteiger charge is -2.36. The Morgan fingerprint density at radius 1 is 1.00 bits per heavy atom. The Morgan fingerprint density at radius 2 is 1.71 bits per heavy atom. The van der Waals surface area contributed by atoms with Crippen molar-refractivity contribution in [2.24, 2.45) is 0 Å². The SMILES string of the molecule is CCn1c(C(=O)N2CCN(c3ccccc3F)CC2)cc2c(=O)oc3ccccc3c21. The molecule has 6 nitrogen and oxygen atoms in total. The van der Waals surface area contributed by atoms with Gasteiger partial charge in [-0.15, -0.1) is 0 Å². The molecule has 1 amide bonds. The summed E-state index contributed by atoms with van der Waals surface area (Å²) in [6.45, 7) is 4.55. The number of carbonyl (C=O) groups is 1. The van der Waals surface area contributed by atoms with Crippen LogP contribution in [-0.4, -0.2) is 41.6 Å². The number of rotatable bonds is 3. The Kier molecular flexibility index (Phi) is 4.73. The maximum absolute atomic E-state index is 14.1. The summed E-state index contributed by atoms with van der Waals surface area (Å²) in [6.07, 6.45) is 0. The molecule has 4 aromatic rings. The second-order valence-electron chi connectivity index (χ2n) is 7.65. The van der Waals surface area contributed by atoms with Crippen molar-refractivity contribution in [3.63, 3.8) is 0 Å². The predicted molar refractivity (Wildman–Crippen MR) is 118 cm³/mol. The number of anilines is 1. The fourth-order valence-corrected chi connectivity index (χ4v) is 4.43. The van der Waals surface area contributed by atoms with Gasteiger partial charge in [0.05, 0.1) is 16.6 Å². The number of carbonyl (C=O) groups excluding carboxylic acids is 1. The maximum Gasteiger partial charge on any atom is 0.345 e. The molecule has 3 heterocycles. The molecule has 0 aliphatic carbocycles. The molecule has 0 radical (unpaired) electrons. The molecule has 158 valence electrons. The molecule has 31 heavy (non-hydrogen) atoms. The average molecular weight is 419 g/mol. The number of para-hydroxylation sites is 2. The Hall–Kier alpha value is -3.61. The van der Waals surface area contributed by atoms with Crippen molar-refractivity contribution in [3.8, 4) is 0 Å². The van der Waals surface area contributed by atoms with Crippen LogP contribution in [0.5, 0.6) is 0 Å². The summed E-state index contributed by atoms with van der Waals surface area (Å²) in [5.74, 6) is -0.387. The van der Waals surface area contributed by atoms with Gasteiger partial charge in [-0.2, -0.15) is 0 Å². The highest BCUT2D eigenvalue weighted by Crippen LogP contribution is 2.27. The lowest BCUT2D eigenvalue weighted by molar-refractivity contribution is 0.0736. The number of fused-ring (bicyclic) bond motifs is 3. The largest absolute Gasteiger partial charge is 0.422 e. The van der Waals surface area contributed by atoms with Gasteiger partial charge in [0.2, 0.25) is 0 Å². The fourth-order valence-electron chi connectivity index (χ4n) is 4.43. The third kappa shape index (κ3) is 3.17. The molecule has 0 spiro atoms. The zero-order valence-electron chi connectivity index (χ0n) is 17.2. The van der Waals surface area contributed by atoms with Gasteiger partial charge in [0.15, 0.2) is 0 Å². The van der Waals surface area contributed by atoms with E-state index in [2.05, 4.69) is 0 Å². The maximum atomic E-state index is 14.1. The van der Waals surface area contributed by atoms with E-state index in [-0.39, 0.29) is 11.7 Å².